The molecule has 30 heavy (non-hydrogen) atoms. The molecule has 2 atom stereocenters. The topological polar surface area (TPSA) is 106 Å². The molecule has 0 radical (unpaired) electrons. The molecule has 1 rings (SSSR count). The number of carbonyl (C=O) groups is 2. The van der Waals surface area contributed by atoms with Gasteiger partial charge in [-0.1, -0.05) is 52.9 Å². The van der Waals surface area contributed by atoms with Gasteiger partial charge in [-0.15, -0.1) is 0 Å². The second-order valence-electron chi connectivity index (χ2n) is 8.08. The van der Waals surface area contributed by atoms with Crippen LogP contribution in [0.1, 0.15) is 88.3 Å². The maximum absolute atomic E-state index is 12.7. The molecule has 2 N–H and O–H groups in total. The van der Waals surface area contributed by atoms with E-state index in [2.05, 4.69) is 23.9 Å². The van der Waals surface area contributed by atoms with Crippen LogP contribution in [0.3, 0.4) is 0 Å². The quantitative estimate of drug-likeness (QED) is 0.328. The van der Waals surface area contributed by atoms with Gasteiger partial charge in [0.15, 0.2) is 5.78 Å². The van der Waals surface area contributed by atoms with Crippen LogP contribution in [-0.2, 0) is 11.2 Å². The van der Waals surface area contributed by atoms with E-state index in [1.165, 1.54) is 19.6 Å². The molecule has 1 aromatic rings. The smallest absolute Gasteiger partial charge is 0.406 e. The van der Waals surface area contributed by atoms with Crippen molar-refractivity contribution in [3.05, 3.63) is 27.8 Å². The van der Waals surface area contributed by atoms with Crippen molar-refractivity contribution in [1.29, 1.82) is 0 Å². The second kappa shape index (κ2) is 13.8. The number of carbonyl (C=O) groups excluding carboxylic acids is 2. The molecular weight excluding hydrogens is 386 g/mol. The number of hydrogen-bond donors (Lipinski definition) is 2. The van der Waals surface area contributed by atoms with E-state index in [9.17, 15) is 19.5 Å². The molecule has 0 aromatic carbocycles. The summed E-state index contributed by atoms with van der Waals surface area (Å²) in [6.45, 7) is 6.64. The maximum atomic E-state index is 12.7. The van der Waals surface area contributed by atoms with Gasteiger partial charge in [0, 0.05) is 24.9 Å². The first-order valence-electron chi connectivity index (χ1n) is 11.0. The number of unbranched alkanes of at least 4 members (excludes halogenated alkanes) is 3. The zero-order chi connectivity index (χ0) is 22.5. The Bertz CT molecular complexity index is 727. The molecule has 0 aliphatic carbocycles. The molecule has 0 spiro atoms. The average molecular weight is 424 g/mol. The van der Waals surface area contributed by atoms with E-state index < -0.39 is 11.7 Å². The maximum Gasteiger partial charge on any atom is 0.406 e. The van der Waals surface area contributed by atoms with Gasteiger partial charge >= 0.3 is 11.7 Å². The van der Waals surface area contributed by atoms with Gasteiger partial charge < -0.3 is 19.6 Å². The van der Waals surface area contributed by atoms with E-state index >= 15 is 0 Å². The van der Waals surface area contributed by atoms with E-state index in [1.54, 1.807) is 6.92 Å². The number of aryl methyl sites for hydroxylation is 1. The van der Waals surface area contributed by atoms with Crippen LogP contribution in [0.2, 0.25) is 0 Å². The fourth-order valence-corrected chi connectivity index (χ4v) is 3.35. The zero-order valence-electron chi connectivity index (χ0n) is 18.8. The highest BCUT2D eigenvalue weighted by atomic mass is 16.5. The number of ether oxygens (including phenoxy) is 1. The van der Waals surface area contributed by atoms with E-state index in [0.29, 0.717) is 31.1 Å². The van der Waals surface area contributed by atoms with Gasteiger partial charge in [-0.3, -0.25) is 4.79 Å². The van der Waals surface area contributed by atoms with Crippen LogP contribution in [0, 0.1) is 11.8 Å². The molecule has 1 heterocycles. The lowest BCUT2D eigenvalue weighted by molar-refractivity contribution is 0.0912. The van der Waals surface area contributed by atoms with E-state index in [1.807, 2.05) is 0 Å². The summed E-state index contributed by atoms with van der Waals surface area (Å²) in [5, 5.41) is 12.9. The number of hydrogen-bond acceptors (Lipinski definition) is 6. The van der Waals surface area contributed by atoms with Crippen molar-refractivity contribution in [2.24, 2.45) is 11.8 Å². The number of Topliss-reactive ketones (excluding diaryl/α,β-unsaturated/α-hetero) is 1. The summed E-state index contributed by atoms with van der Waals surface area (Å²) in [5.74, 6) is -0.101. The number of methoxy groups -OCH3 is 1. The summed E-state index contributed by atoms with van der Waals surface area (Å²) in [5.41, 5.74) is -1.01. The van der Waals surface area contributed by atoms with Gasteiger partial charge in [0.25, 0.3) is 0 Å². The molecule has 0 bridgehead atoms. The van der Waals surface area contributed by atoms with Crippen molar-refractivity contribution in [2.75, 3.05) is 13.7 Å². The lowest BCUT2D eigenvalue weighted by Gasteiger charge is -2.15. The van der Waals surface area contributed by atoms with Crippen LogP contribution in [0.15, 0.2) is 15.3 Å². The predicted octanol–water partition coefficient (Wildman–Crippen LogP) is 4.84. The Labute approximate surface area is 179 Å². The Morgan fingerprint density at radius 3 is 2.50 bits per heavy atom. The van der Waals surface area contributed by atoms with Gasteiger partial charge in [0.05, 0.1) is 7.11 Å². The molecule has 170 valence electrons. The van der Waals surface area contributed by atoms with Crippen LogP contribution in [0.25, 0.3) is 0 Å². The molecule has 1 amide bonds. The van der Waals surface area contributed by atoms with Crippen LogP contribution < -0.4 is 10.9 Å². The number of aromatic hydroxyl groups is 1. The normalized spacial score (nSPS) is 12.9. The van der Waals surface area contributed by atoms with Gasteiger partial charge in [0.2, 0.25) is 0 Å². The van der Waals surface area contributed by atoms with Crippen molar-refractivity contribution in [2.45, 2.75) is 78.6 Å². The second-order valence-corrected chi connectivity index (χ2v) is 8.08. The van der Waals surface area contributed by atoms with Crippen LogP contribution in [0.4, 0.5) is 4.79 Å². The zero-order valence-corrected chi connectivity index (χ0v) is 18.8. The largest absolute Gasteiger partial charge is 0.507 e. The fourth-order valence-electron chi connectivity index (χ4n) is 3.35. The van der Waals surface area contributed by atoms with E-state index in [4.69, 9.17) is 4.42 Å². The molecule has 0 fully saturated rings. The first-order valence-corrected chi connectivity index (χ1v) is 11.0. The van der Waals surface area contributed by atoms with Crippen LogP contribution in [0.5, 0.6) is 5.75 Å². The molecule has 0 saturated heterocycles. The Morgan fingerprint density at radius 2 is 1.87 bits per heavy atom. The molecular formula is C23H37NO6. The Hall–Kier alpha value is -2.31. The molecule has 0 saturated carbocycles. The molecule has 7 nitrogen and oxygen atoms in total. The highest BCUT2D eigenvalue weighted by Crippen LogP contribution is 2.24. The fraction of sp³-hybridized carbons (Fsp3) is 0.696. The third-order valence-electron chi connectivity index (χ3n) is 5.37. The first kappa shape index (κ1) is 25.7. The first-order chi connectivity index (χ1) is 14.3. The van der Waals surface area contributed by atoms with Crippen molar-refractivity contribution in [3.8, 4) is 5.75 Å². The molecule has 7 heteroatoms. The Kier molecular flexibility index (Phi) is 11.9. The highest BCUT2D eigenvalue weighted by Gasteiger charge is 2.24. The minimum absolute atomic E-state index is 0.241. The standard InChI is InChI=1S/C23H37NO6/c1-5-6-10-16(2)12-13-17(3)21(26)20-19(25)15-18(30-22(20)27)11-8-7-9-14-24-23(28)29-4/h15-17,25H,5-14H2,1-4H3,(H,24,28). The van der Waals surface area contributed by atoms with Crippen molar-refractivity contribution < 1.29 is 23.8 Å². The number of rotatable bonds is 14. The minimum Gasteiger partial charge on any atom is -0.507 e. The lowest BCUT2D eigenvalue weighted by Crippen LogP contribution is -2.23. The van der Waals surface area contributed by atoms with Gasteiger partial charge in [-0.25, -0.2) is 9.59 Å². The summed E-state index contributed by atoms with van der Waals surface area (Å²) in [4.78, 5) is 35.9. The number of amides is 1. The van der Waals surface area contributed by atoms with Crippen LogP contribution in [-0.4, -0.2) is 30.6 Å². The average Bonchev–Trinajstić information content (AvgIpc) is 2.71. The van der Waals surface area contributed by atoms with Crippen molar-refractivity contribution >= 4 is 11.9 Å². The predicted molar refractivity (Wildman–Crippen MR) is 116 cm³/mol. The van der Waals surface area contributed by atoms with Crippen molar-refractivity contribution in [3.63, 3.8) is 0 Å². The summed E-state index contributed by atoms with van der Waals surface area (Å²) in [7, 11) is 1.31. The van der Waals surface area contributed by atoms with Crippen molar-refractivity contribution in [1.82, 2.24) is 5.32 Å². The van der Waals surface area contributed by atoms with Gasteiger partial charge in [-0.05, 0) is 25.2 Å². The molecule has 2 unspecified atom stereocenters. The number of alkyl carbamates (subject to hydrolysis) is 1. The third-order valence-corrected chi connectivity index (χ3v) is 5.37. The molecule has 0 aliphatic heterocycles. The highest BCUT2D eigenvalue weighted by molar-refractivity contribution is 5.99. The summed E-state index contributed by atoms with van der Waals surface area (Å²) in [6, 6.07) is 1.37. The monoisotopic (exact) mass is 423 g/mol. The number of nitrogens with one attached hydrogen (secondary N) is 1. The van der Waals surface area contributed by atoms with E-state index in [0.717, 1.165) is 38.5 Å². The minimum atomic E-state index is -0.770. The lowest BCUT2D eigenvalue weighted by atomic mass is 9.90. The van der Waals surface area contributed by atoms with Gasteiger partial charge in [-0.2, -0.15) is 0 Å². The SMILES string of the molecule is CCCCC(C)CCC(C)C(=O)c1c(O)cc(CCCCCNC(=O)OC)oc1=O. The number of ketones is 1. The molecule has 0 aliphatic rings. The Morgan fingerprint density at radius 1 is 1.13 bits per heavy atom. The molecule has 1 aromatic heterocycles. The van der Waals surface area contributed by atoms with Crippen LogP contribution >= 0.6 is 0 Å². The third kappa shape index (κ3) is 9.01. The van der Waals surface area contributed by atoms with E-state index in [-0.39, 0.29) is 23.0 Å². The summed E-state index contributed by atoms with van der Waals surface area (Å²) >= 11 is 0. The summed E-state index contributed by atoms with van der Waals surface area (Å²) < 4.78 is 9.76. The Balaban J connectivity index is 2.55. The summed E-state index contributed by atoms with van der Waals surface area (Å²) in [6.07, 6.45) is 7.38. The van der Waals surface area contributed by atoms with Gasteiger partial charge in [0.1, 0.15) is 17.1 Å².